The van der Waals surface area contributed by atoms with Crippen molar-refractivity contribution in [1.82, 2.24) is 9.97 Å². The van der Waals surface area contributed by atoms with Crippen LogP contribution in [0.1, 0.15) is 43.0 Å². The molecule has 0 radical (unpaired) electrons. The molecule has 0 saturated heterocycles. The second kappa shape index (κ2) is 13.3. The highest BCUT2D eigenvalue weighted by Crippen LogP contribution is 2.58. The van der Waals surface area contributed by atoms with Crippen molar-refractivity contribution in [3.8, 4) is 66.9 Å². The molecule has 1 atom stereocenters. The van der Waals surface area contributed by atoms with Gasteiger partial charge in [-0.05, 0) is 161 Å². The molecule has 2 nitrogen and oxygen atoms in total. The molecule has 12 rings (SSSR count). The summed E-state index contributed by atoms with van der Waals surface area (Å²) in [5.41, 5.74) is 12.8. The van der Waals surface area contributed by atoms with Gasteiger partial charge in [0, 0.05) is 11.0 Å². The van der Waals surface area contributed by atoms with Crippen LogP contribution in [0.25, 0.3) is 99.5 Å². The van der Waals surface area contributed by atoms with Gasteiger partial charge in [0.05, 0.1) is 22.9 Å². The number of alkyl halides is 3. The lowest BCUT2D eigenvalue weighted by Crippen LogP contribution is -2.38. The molecule has 0 N–H and O–H groups in total. The molecule has 2 aliphatic carbocycles. The molecule has 0 amide bonds. The molecule has 10 aromatic rings. The van der Waals surface area contributed by atoms with Crippen LogP contribution in [0.3, 0.4) is 0 Å². The van der Waals surface area contributed by atoms with Crippen LogP contribution in [-0.4, -0.2) is 16.1 Å². The van der Waals surface area contributed by atoms with E-state index >= 15 is 13.2 Å². The third-order valence-electron chi connectivity index (χ3n) is 14.0. The maximum Gasteiger partial charge on any atom is 0.402 e. The van der Waals surface area contributed by atoms with Crippen molar-refractivity contribution in [1.29, 1.82) is 0 Å². The van der Waals surface area contributed by atoms with E-state index in [1.807, 2.05) is 42.5 Å². The van der Waals surface area contributed by atoms with E-state index in [0.717, 1.165) is 38.9 Å². The molecule has 0 spiro atoms. The molecule has 1 unspecified atom stereocenters. The summed E-state index contributed by atoms with van der Waals surface area (Å²) in [4.78, 5) is 9.27. The Balaban J connectivity index is 0.866. The largest absolute Gasteiger partial charge is 0.402 e. The van der Waals surface area contributed by atoms with E-state index in [1.54, 1.807) is 24.4 Å². The van der Waals surface area contributed by atoms with E-state index in [-0.39, 0.29) is 16.5 Å². The molecule has 9 aromatic carbocycles. The minimum atomic E-state index is -4.55. The van der Waals surface area contributed by atoms with Crippen LogP contribution in [0.4, 0.5) is 13.2 Å². The minimum absolute atomic E-state index is 0.230. The second-order valence-corrected chi connectivity index (χ2v) is 17.9. The predicted molar refractivity (Wildman–Crippen MR) is 252 cm³/mol. The zero-order valence-corrected chi connectivity index (χ0v) is 34.8. The van der Waals surface area contributed by atoms with Crippen molar-refractivity contribution >= 4 is 32.6 Å². The molecule has 0 fully saturated rings. The van der Waals surface area contributed by atoms with E-state index in [0.29, 0.717) is 27.9 Å². The molecule has 1 heterocycles. The molecule has 63 heavy (non-hydrogen) atoms. The van der Waals surface area contributed by atoms with Crippen molar-refractivity contribution in [3.63, 3.8) is 0 Å². The van der Waals surface area contributed by atoms with Gasteiger partial charge in [-0.15, -0.1) is 0 Å². The first-order valence-electron chi connectivity index (χ1n) is 21.4. The molecular weight excluding hydrogens is 782 g/mol. The summed E-state index contributed by atoms with van der Waals surface area (Å²) in [5, 5.41) is 4.84. The molecule has 302 valence electrons. The Morgan fingerprint density at radius 1 is 0.381 bits per heavy atom. The normalized spacial score (nSPS) is 16.0. The first-order valence-corrected chi connectivity index (χ1v) is 21.4. The van der Waals surface area contributed by atoms with Gasteiger partial charge >= 0.3 is 6.18 Å². The maximum absolute atomic E-state index is 15.5. The van der Waals surface area contributed by atoms with Gasteiger partial charge in [0.2, 0.25) is 0 Å². The number of halogens is 3. The van der Waals surface area contributed by atoms with Gasteiger partial charge < -0.3 is 0 Å². The summed E-state index contributed by atoms with van der Waals surface area (Å²) < 4.78 is 46.6. The summed E-state index contributed by atoms with van der Waals surface area (Å²) in [7, 11) is 0. The number of fused-ring (bicyclic) bond motifs is 9. The lowest BCUT2D eigenvalue weighted by molar-refractivity contribution is -0.172. The Bertz CT molecular complexity index is 3560. The number of aromatic nitrogens is 2. The third kappa shape index (κ3) is 5.65. The van der Waals surface area contributed by atoms with Gasteiger partial charge in [-0.3, -0.25) is 4.98 Å². The molecule has 5 heteroatoms. The smallest absolute Gasteiger partial charge is 0.252 e. The van der Waals surface area contributed by atoms with Gasteiger partial charge in [0.1, 0.15) is 5.41 Å². The van der Waals surface area contributed by atoms with E-state index in [1.165, 1.54) is 50.7 Å². The average Bonchev–Trinajstić information content (AvgIpc) is 3.70. The summed E-state index contributed by atoms with van der Waals surface area (Å²) in [6, 6.07) is 60.0. The zero-order valence-electron chi connectivity index (χ0n) is 34.8. The highest BCUT2D eigenvalue weighted by Gasteiger charge is 2.58. The van der Waals surface area contributed by atoms with Crippen LogP contribution in [0, 0.1) is 0 Å². The Morgan fingerprint density at radius 3 is 1.30 bits per heavy atom. The first-order chi connectivity index (χ1) is 30.4. The van der Waals surface area contributed by atoms with E-state index < -0.39 is 11.6 Å². The van der Waals surface area contributed by atoms with Crippen LogP contribution in [0.5, 0.6) is 0 Å². The lowest BCUT2D eigenvalue weighted by atomic mass is 9.78. The van der Waals surface area contributed by atoms with E-state index in [2.05, 4.69) is 134 Å². The first kappa shape index (κ1) is 37.4. The van der Waals surface area contributed by atoms with Gasteiger partial charge in [0.25, 0.3) is 0 Å². The van der Waals surface area contributed by atoms with Gasteiger partial charge in [-0.1, -0.05) is 135 Å². The maximum atomic E-state index is 15.5. The van der Waals surface area contributed by atoms with Crippen molar-refractivity contribution in [2.45, 2.75) is 37.8 Å². The minimum Gasteiger partial charge on any atom is -0.252 e. The summed E-state index contributed by atoms with van der Waals surface area (Å²) in [5.74, 6) is 0. The van der Waals surface area contributed by atoms with Crippen LogP contribution < -0.4 is 0 Å². The fourth-order valence-electron chi connectivity index (χ4n) is 10.3. The molecular formula is C58H39F3N2. The quantitative estimate of drug-likeness (QED) is 0.177. The molecule has 2 aliphatic rings. The third-order valence-corrected chi connectivity index (χ3v) is 14.0. The number of hydrogen-bond acceptors (Lipinski definition) is 2. The Labute approximate surface area is 363 Å². The van der Waals surface area contributed by atoms with Crippen LogP contribution in [0.2, 0.25) is 0 Å². The van der Waals surface area contributed by atoms with Crippen molar-refractivity contribution in [2.24, 2.45) is 0 Å². The zero-order chi connectivity index (χ0) is 42.8. The summed E-state index contributed by atoms with van der Waals surface area (Å²) in [6.45, 7) is 5.81. The predicted octanol–water partition coefficient (Wildman–Crippen LogP) is 15.8. The fraction of sp³-hybridized carbons (Fsp3) is 0.103. The Hall–Kier alpha value is -7.37. The highest BCUT2D eigenvalue weighted by atomic mass is 19.4. The van der Waals surface area contributed by atoms with Crippen LogP contribution in [-0.2, 0) is 10.8 Å². The number of benzene rings is 9. The summed E-state index contributed by atoms with van der Waals surface area (Å²) >= 11 is 0. The van der Waals surface area contributed by atoms with Crippen molar-refractivity contribution < 1.29 is 13.2 Å². The van der Waals surface area contributed by atoms with Gasteiger partial charge in [-0.25, -0.2) is 4.98 Å². The van der Waals surface area contributed by atoms with Gasteiger partial charge in [-0.2, -0.15) is 13.2 Å². The second-order valence-electron chi connectivity index (χ2n) is 17.9. The molecule has 0 aliphatic heterocycles. The molecule has 0 saturated carbocycles. The monoisotopic (exact) mass is 820 g/mol. The van der Waals surface area contributed by atoms with Crippen LogP contribution in [0.15, 0.2) is 182 Å². The lowest BCUT2D eigenvalue weighted by Gasteiger charge is -2.30. The Kier molecular flexibility index (Phi) is 7.90. The van der Waals surface area contributed by atoms with E-state index in [4.69, 9.17) is 4.98 Å². The van der Waals surface area contributed by atoms with Crippen molar-refractivity contribution in [2.75, 3.05) is 0 Å². The van der Waals surface area contributed by atoms with Crippen LogP contribution >= 0.6 is 0 Å². The number of nitrogens with zero attached hydrogens (tertiary/aromatic N) is 2. The van der Waals surface area contributed by atoms with Gasteiger partial charge in [0.15, 0.2) is 0 Å². The SMILES string of the molecule is CC1(C)c2cc(-c3ccc4c(c3)C(C)(C(F)(F)F)c3cc(-c5cnc6ccccc6n5)ccc3-4)ccc2-c2ccc(-c3ccc4cc(-c5ccc6ccccc6c5)ccc4c3)cc21. The Morgan fingerprint density at radius 2 is 0.762 bits per heavy atom. The average molecular weight is 821 g/mol. The van der Waals surface area contributed by atoms with E-state index in [9.17, 15) is 0 Å². The standard InChI is InChI=1S/C58H39F3N2/c1-56(2)49-29-41(40-17-16-38-27-37(14-15-39(38)28-40)36-13-12-34-8-4-5-9-35(34)26-36)18-22-45(49)46-23-19-42(30-50(46)56)43-20-24-47-48-25-21-44(55-33-62-53-10-6-7-11-54(53)63-55)32-52(48)57(3,51(47)31-43)58(59,60)61/h4-33H,1-3H3. The molecule has 1 aromatic heterocycles. The summed E-state index contributed by atoms with van der Waals surface area (Å²) in [6.07, 6.45) is -2.92. The number of hydrogen-bond donors (Lipinski definition) is 0. The number of rotatable bonds is 4. The number of para-hydroxylation sites is 2. The topological polar surface area (TPSA) is 25.8 Å². The highest BCUT2D eigenvalue weighted by molar-refractivity contribution is 5.94. The fourth-order valence-corrected chi connectivity index (χ4v) is 10.3. The van der Waals surface area contributed by atoms with Crippen molar-refractivity contribution in [3.05, 3.63) is 204 Å². The molecule has 0 bridgehead atoms.